The number of benzene rings is 2. The summed E-state index contributed by atoms with van der Waals surface area (Å²) in [6.45, 7) is 2.37. The van der Waals surface area contributed by atoms with Gasteiger partial charge in [0.1, 0.15) is 6.04 Å². The maximum Gasteiger partial charge on any atom is 0.322 e. The molecule has 0 saturated carbocycles. The molecule has 2 aromatic carbocycles. The van der Waals surface area contributed by atoms with E-state index in [1.54, 1.807) is 25.1 Å². The van der Waals surface area contributed by atoms with Crippen LogP contribution < -0.4 is 5.32 Å². The van der Waals surface area contributed by atoms with Crippen LogP contribution >= 0.6 is 15.9 Å². The molecule has 1 fully saturated rings. The van der Waals surface area contributed by atoms with E-state index in [1.807, 2.05) is 18.2 Å². The first kappa shape index (κ1) is 18.3. The zero-order valence-electron chi connectivity index (χ0n) is 13.6. The number of nitrogens with zero attached hydrogens (tertiary/aromatic N) is 1. The molecule has 2 N–H and O–H groups in total. The third kappa shape index (κ3) is 3.44. The Labute approximate surface area is 155 Å². The van der Waals surface area contributed by atoms with Gasteiger partial charge in [0.05, 0.1) is 10.9 Å². The van der Waals surface area contributed by atoms with Crippen molar-refractivity contribution in [3.05, 3.63) is 40.9 Å². The number of carboxylic acids is 1. The Morgan fingerprint density at radius 1 is 1.28 bits per heavy atom. The van der Waals surface area contributed by atoms with Crippen molar-refractivity contribution in [3.63, 3.8) is 0 Å². The number of carboxylic acid groups (broad SMARTS) is 1. The van der Waals surface area contributed by atoms with Crippen molar-refractivity contribution in [2.45, 2.75) is 30.3 Å². The molecule has 2 aromatic rings. The molecule has 8 heteroatoms. The van der Waals surface area contributed by atoms with Gasteiger partial charge in [-0.1, -0.05) is 35.0 Å². The second kappa shape index (κ2) is 7.03. The number of sulfonamides is 1. The molecular weight excluding hydrogens is 408 g/mol. The maximum absolute atomic E-state index is 13.1. The van der Waals surface area contributed by atoms with Gasteiger partial charge < -0.3 is 10.4 Å². The van der Waals surface area contributed by atoms with Crippen LogP contribution in [0.3, 0.4) is 0 Å². The van der Waals surface area contributed by atoms with Crippen molar-refractivity contribution in [1.82, 2.24) is 9.62 Å². The molecule has 1 aliphatic rings. The molecule has 3 rings (SSSR count). The van der Waals surface area contributed by atoms with Crippen LogP contribution in [0.4, 0.5) is 0 Å². The molecule has 2 unspecified atom stereocenters. The van der Waals surface area contributed by atoms with E-state index in [9.17, 15) is 18.3 Å². The average Bonchev–Trinajstić information content (AvgIpc) is 2.60. The van der Waals surface area contributed by atoms with Crippen molar-refractivity contribution in [2.75, 3.05) is 13.1 Å². The van der Waals surface area contributed by atoms with E-state index in [1.165, 1.54) is 4.31 Å². The highest BCUT2D eigenvalue weighted by atomic mass is 79.9. The highest BCUT2D eigenvalue weighted by Crippen LogP contribution is 2.27. The van der Waals surface area contributed by atoms with Crippen molar-refractivity contribution in [3.8, 4) is 0 Å². The lowest BCUT2D eigenvalue weighted by atomic mass is 10.0. The smallest absolute Gasteiger partial charge is 0.322 e. The van der Waals surface area contributed by atoms with Crippen LogP contribution in [0.5, 0.6) is 0 Å². The minimum absolute atomic E-state index is 0.187. The van der Waals surface area contributed by atoms with Crippen LogP contribution in [0, 0.1) is 0 Å². The van der Waals surface area contributed by atoms with Gasteiger partial charge in [-0.05, 0) is 41.5 Å². The molecule has 25 heavy (non-hydrogen) atoms. The molecular formula is C17H19BrN2O4S. The predicted molar refractivity (Wildman–Crippen MR) is 99.0 cm³/mol. The van der Waals surface area contributed by atoms with Gasteiger partial charge in [-0.15, -0.1) is 0 Å². The molecule has 0 radical (unpaired) electrons. The summed E-state index contributed by atoms with van der Waals surface area (Å²) in [5, 5.41) is 14.0. The topological polar surface area (TPSA) is 86.7 Å². The molecule has 1 heterocycles. The van der Waals surface area contributed by atoms with Gasteiger partial charge in [0.25, 0.3) is 0 Å². The van der Waals surface area contributed by atoms with Crippen molar-refractivity contribution in [1.29, 1.82) is 0 Å². The number of nitrogens with one attached hydrogen (secondary N) is 1. The van der Waals surface area contributed by atoms with Crippen LogP contribution in [-0.4, -0.2) is 49.0 Å². The average molecular weight is 427 g/mol. The molecule has 0 bridgehead atoms. The third-order valence-electron chi connectivity index (χ3n) is 4.52. The largest absolute Gasteiger partial charge is 0.480 e. The number of carbonyl (C=O) groups is 1. The number of aliphatic carboxylic acids is 1. The number of rotatable bonds is 4. The molecule has 6 nitrogen and oxygen atoms in total. The monoisotopic (exact) mass is 426 g/mol. The Kier molecular flexibility index (Phi) is 5.15. The number of piperazine rings is 1. The minimum Gasteiger partial charge on any atom is -0.480 e. The van der Waals surface area contributed by atoms with E-state index in [0.717, 1.165) is 15.2 Å². The Balaban J connectivity index is 2.02. The summed E-state index contributed by atoms with van der Waals surface area (Å²) in [6, 6.07) is 9.11. The lowest BCUT2D eigenvalue weighted by molar-refractivity contribution is -0.141. The predicted octanol–water partition coefficient (Wildman–Crippen LogP) is 2.43. The van der Waals surface area contributed by atoms with Crippen molar-refractivity contribution in [2.24, 2.45) is 0 Å². The fourth-order valence-corrected chi connectivity index (χ4v) is 5.40. The van der Waals surface area contributed by atoms with E-state index in [4.69, 9.17) is 0 Å². The SMILES string of the molecule is CCC1C(C(=O)O)NCCN1S(=O)(=O)c1ccc2cc(Br)ccc2c1. The molecule has 0 aromatic heterocycles. The van der Waals surface area contributed by atoms with Crippen LogP contribution in [-0.2, 0) is 14.8 Å². The maximum atomic E-state index is 13.1. The van der Waals surface area contributed by atoms with E-state index >= 15 is 0 Å². The number of halogens is 1. The molecule has 2 atom stereocenters. The summed E-state index contributed by atoms with van der Waals surface area (Å²) in [5.74, 6) is -1.03. The lowest BCUT2D eigenvalue weighted by Crippen LogP contribution is -2.61. The van der Waals surface area contributed by atoms with Crippen LogP contribution in [0.25, 0.3) is 10.8 Å². The van der Waals surface area contributed by atoms with E-state index < -0.39 is 28.1 Å². The Morgan fingerprint density at radius 3 is 2.64 bits per heavy atom. The highest BCUT2D eigenvalue weighted by Gasteiger charge is 2.41. The zero-order valence-corrected chi connectivity index (χ0v) is 16.0. The minimum atomic E-state index is -3.77. The summed E-state index contributed by atoms with van der Waals surface area (Å²) in [5.41, 5.74) is 0. The van der Waals surface area contributed by atoms with E-state index in [0.29, 0.717) is 13.0 Å². The van der Waals surface area contributed by atoms with Gasteiger partial charge in [-0.3, -0.25) is 4.79 Å². The summed E-state index contributed by atoms with van der Waals surface area (Å²) in [7, 11) is -3.77. The van der Waals surface area contributed by atoms with Crippen LogP contribution in [0.1, 0.15) is 13.3 Å². The summed E-state index contributed by atoms with van der Waals surface area (Å²) >= 11 is 3.40. The molecule has 1 aliphatic heterocycles. The molecule has 134 valence electrons. The van der Waals surface area contributed by atoms with Gasteiger partial charge in [-0.2, -0.15) is 4.31 Å². The van der Waals surface area contributed by atoms with E-state index in [2.05, 4.69) is 21.2 Å². The standard InChI is InChI=1S/C17H19BrN2O4S/c1-2-15-16(17(21)22)19-7-8-20(15)25(23,24)14-6-4-11-9-13(18)5-3-12(11)10-14/h3-6,9-10,15-16,19H,2,7-8H2,1H3,(H,21,22). The van der Waals surface area contributed by atoms with E-state index in [-0.39, 0.29) is 11.4 Å². The van der Waals surface area contributed by atoms with Gasteiger partial charge in [0, 0.05) is 17.6 Å². The third-order valence-corrected chi connectivity index (χ3v) is 6.93. The Hall–Kier alpha value is -1.48. The summed E-state index contributed by atoms with van der Waals surface area (Å²) in [6.07, 6.45) is 0.420. The quantitative estimate of drug-likeness (QED) is 0.783. The first-order chi connectivity index (χ1) is 11.8. The molecule has 0 amide bonds. The van der Waals surface area contributed by atoms with Crippen LogP contribution in [0.15, 0.2) is 45.8 Å². The summed E-state index contributed by atoms with van der Waals surface area (Å²) < 4.78 is 28.5. The molecule has 0 spiro atoms. The van der Waals surface area contributed by atoms with Gasteiger partial charge in [0.2, 0.25) is 10.0 Å². The zero-order chi connectivity index (χ0) is 18.2. The second-order valence-corrected chi connectivity index (χ2v) is 8.82. The van der Waals surface area contributed by atoms with Gasteiger partial charge in [-0.25, -0.2) is 8.42 Å². The fraction of sp³-hybridized carbons (Fsp3) is 0.353. The van der Waals surface area contributed by atoms with Gasteiger partial charge >= 0.3 is 5.97 Å². The summed E-state index contributed by atoms with van der Waals surface area (Å²) in [4.78, 5) is 11.6. The molecule has 1 saturated heterocycles. The van der Waals surface area contributed by atoms with Gasteiger partial charge in [0.15, 0.2) is 0 Å². The normalized spacial score (nSPS) is 22.2. The lowest BCUT2D eigenvalue weighted by Gasteiger charge is -2.38. The fourth-order valence-electron chi connectivity index (χ4n) is 3.28. The first-order valence-electron chi connectivity index (χ1n) is 8.02. The second-order valence-electron chi connectivity index (χ2n) is 6.01. The number of hydrogen-bond donors (Lipinski definition) is 2. The Bertz CT molecular complexity index is 916. The van der Waals surface area contributed by atoms with Crippen molar-refractivity contribution >= 4 is 42.7 Å². The Morgan fingerprint density at radius 2 is 1.96 bits per heavy atom. The van der Waals surface area contributed by atoms with Crippen LogP contribution in [0.2, 0.25) is 0 Å². The first-order valence-corrected chi connectivity index (χ1v) is 10.2. The number of fused-ring (bicyclic) bond motifs is 1. The highest BCUT2D eigenvalue weighted by molar-refractivity contribution is 9.10. The molecule has 0 aliphatic carbocycles. The number of hydrogen-bond acceptors (Lipinski definition) is 4. The van der Waals surface area contributed by atoms with Crippen molar-refractivity contribution < 1.29 is 18.3 Å².